The van der Waals surface area contributed by atoms with Gasteiger partial charge in [-0.15, -0.1) is 0 Å². The van der Waals surface area contributed by atoms with Crippen molar-refractivity contribution in [2.45, 2.75) is 19.1 Å². The van der Waals surface area contributed by atoms with E-state index < -0.39 is 5.54 Å². The average molecular weight is 182 g/mol. The second-order valence-corrected chi connectivity index (χ2v) is 3.28. The molecule has 0 bridgehead atoms. The van der Waals surface area contributed by atoms with E-state index in [1.807, 2.05) is 0 Å². The smallest absolute Gasteiger partial charge is 0.0789 e. The van der Waals surface area contributed by atoms with Gasteiger partial charge in [-0.2, -0.15) is 0 Å². The second-order valence-electron chi connectivity index (χ2n) is 3.28. The molecule has 0 aromatic carbocycles. The van der Waals surface area contributed by atoms with Crippen molar-refractivity contribution >= 4 is 0 Å². The molecule has 0 fully saturated rings. The SMILES string of the molecule is CC(N)(CO)c1cc(CO)ccn1. The molecule has 4 N–H and O–H groups in total. The Morgan fingerprint density at radius 2 is 2.23 bits per heavy atom. The largest absolute Gasteiger partial charge is 0.394 e. The number of aliphatic hydroxyl groups excluding tert-OH is 2. The van der Waals surface area contributed by atoms with Crippen LogP contribution in [0.4, 0.5) is 0 Å². The number of rotatable bonds is 3. The zero-order chi connectivity index (χ0) is 9.90. The van der Waals surface area contributed by atoms with E-state index in [0.29, 0.717) is 5.69 Å². The van der Waals surface area contributed by atoms with Crippen molar-refractivity contribution in [3.05, 3.63) is 29.6 Å². The minimum atomic E-state index is -0.842. The molecule has 1 atom stereocenters. The van der Waals surface area contributed by atoms with Gasteiger partial charge in [0.05, 0.1) is 24.4 Å². The standard InChI is InChI=1S/C9H14N2O2/c1-9(10,6-13)8-4-7(5-12)2-3-11-8/h2-4,12-13H,5-6,10H2,1H3. The molecule has 1 aromatic rings. The Hall–Kier alpha value is -0.970. The highest BCUT2D eigenvalue weighted by atomic mass is 16.3. The molecule has 0 amide bonds. The Labute approximate surface area is 77.0 Å². The van der Waals surface area contributed by atoms with E-state index in [-0.39, 0.29) is 13.2 Å². The number of aromatic nitrogens is 1. The van der Waals surface area contributed by atoms with Crippen molar-refractivity contribution in [1.29, 1.82) is 0 Å². The third-order valence-corrected chi connectivity index (χ3v) is 1.92. The lowest BCUT2D eigenvalue weighted by atomic mass is 9.99. The van der Waals surface area contributed by atoms with E-state index in [4.69, 9.17) is 15.9 Å². The van der Waals surface area contributed by atoms with Crippen LogP contribution < -0.4 is 5.73 Å². The fourth-order valence-electron chi connectivity index (χ4n) is 0.966. The van der Waals surface area contributed by atoms with Crippen LogP contribution in [0, 0.1) is 0 Å². The van der Waals surface area contributed by atoms with Gasteiger partial charge in [-0.1, -0.05) is 0 Å². The van der Waals surface area contributed by atoms with E-state index in [2.05, 4.69) is 4.98 Å². The van der Waals surface area contributed by atoms with Crippen LogP contribution in [0.2, 0.25) is 0 Å². The van der Waals surface area contributed by atoms with E-state index in [9.17, 15) is 0 Å². The fourth-order valence-corrected chi connectivity index (χ4v) is 0.966. The van der Waals surface area contributed by atoms with Crippen LogP contribution >= 0.6 is 0 Å². The topological polar surface area (TPSA) is 79.4 Å². The molecule has 1 rings (SSSR count). The summed E-state index contributed by atoms with van der Waals surface area (Å²) in [5.41, 5.74) is 6.25. The highest BCUT2D eigenvalue weighted by Crippen LogP contribution is 2.15. The van der Waals surface area contributed by atoms with Crippen LogP contribution in [-0.4, -0.2) is 21.8 Å². The summed E-state index contributed by atoms with van der Waals surface area (Å²) in [5, 5.41) is 17.9. The molecule has 4 heteroatoms. The molecule has 0 saturated heterocycles. The summed E-state index contributed by atoms with van der Waals surface area (Å²) in [6.45, 7) is 1.47. The first-order valence-corrected chi connectivity index (χ1v) is 4.06. The van der Waals surface area contributed by atoms with Crippen molar-refractivity contribution in [2.24, 2.45) is 5.73 Å². The first-order chi connectivity index (χ1) is 6.10. The number of nitrogens with two attached hydrogens (primary N) is 1. The summed E-state index contributed by atoms with van der Waals surface area (Å²) in [6, 6.07) is 3.40. The van der Waals surface area contributed by atoms with Gasteiger partial charge < -0.3 is 15.9 Å². The van der Waals surface area contributed by atoms with Gasteiger partial charge >= 0.3 is 0 Å². The minimum Gasteiger partial charge on any atom is -0.394 e. The van der Waals surface area contributed by atoms with Gasteiger partial charge in [-0.3, -0.25) is 4.98 Å². The molecule has 13 heavy (non-hydrogen) atoms. The Morgan fingerprint density at radius 3 is 2.77 bits per heavy atom. The van der Waals surface area contributed by atoms with Crippen LogP contribution in [0.3, 0.4) is 0 Å². The van der Waals surface area contributed by atoms with E-state index in [0.717, 1.165) is 5.56 Å². The van der Waals surface area contributed by atoms with E-state index in [1.54, 1.807) is 25.3 Å². The van der Waals surface area contributed by atoms with Crippen molar-refractivity contribution in [2.75, 3.05) is 6.61 Å². The fraction of sp³-hybridized carbons (Fsp3) is 0.444. The van der Waals surface area contributed by atoms with Crippen LogP contribution in [0.15, 0.2) is 18.3 Å². The van der Waals surface area contributed by atoms with Crippen molar-refractivity contribution in [3.63, 3.8) is 0 Å². The molecular weight excluding hydrogens is 168 g/mol. The first kappa shape index (κ1) is 10.1. The molecule has 1 unspecified atom stereocenters. The lowest BCUT2D eigenvalue weighted by Crippen LogP contribution is -2.37. The molecule has 0 aliphatic rings. The molecule has 72 valence electrons. The van der Waals surface area contributed by atoms with Crippen LogP contribution in [-0.2, 0) is 12.1 Å². The molecule has 0 aliphatic heterocycles. The van der Waals surface area contributed by atoms with Gasteiger partial charge in [-0.05, 0) is 24.6 Å². The van der Waals surface area contributed by atoms with Gasteiger partial charge in [0.15, 0.2) is 0 Å². The quantitative estimate of drug-likeness (QED) is 0.601. The number of nitrogens with zero attached hydrogens (tertiary/aromatic N) is 1. The molecule has 0 aliphatic carbocycles. The number of pyridine rings is 1. The average Bonchev–Trinajstić information content (AvgIpc) is 2.18. The summed E-state index contributed by atoms with van der Waals surface area (Å²) in [5.74, 6) is 0. The number of aliphatic hydroxyl groups is 2. The zero-order valence-electron chi connectivity index (χ0n) is 7.57. The normalized spacial score (nSPS) is 15.4. The van der Waals surface area contributed by atoms with Gasteiger partial charge in [0, 0.05) is 6.20 Å². The summed E-state index contributed by atoms with van der Waals surface area (Å²) < 4.78 is 0. The molecule has 1 aromatic heterocycles. The summed E-state index contributed by atoms with van der Waals surface area (Å²) >= 11 is 0. The third-order valence-electron chi connectivity index (χ3n) is 1.92. The monoisotopic (exact) mass is 182 g/mol. The predicted molar refractivity (Wildman–Crippen MR) is 48.8 cm³/mol. The zero-order valence-corrected chi connectivity index (χ0v) is 7.57. The molecular formula is C9H14N2O2. The highest BCUT2D eigenvalue weighted by molar-refractivity contribution is 5.21. The van der Waals surface area contributed by atoms with Crippen LogP contribution in [0.1, 0.15) is 18.2 Å². The molecule has 0 spiro atoms. The Bertz CT molecular complexity index is 287. The van der Waals surface area contributed by atoms with E-state index in [1.165, 1.54) is 0 Å². The first-order valence-electron chi connectivity index (χ1n) is 4.06. The highest BCUT2D eigenvalue weighted by Gasteiger charge is 2.21. The van der Waals surface area contributed by atoms with Crippen LogP contribution in [0.5, 0.6) is 0 Å². The van der Waals surface area contributed by atoms with E-state index >= 15 is 0 Å². The van der Waals surface area contributed by atoms with Gasteiger partial charge in [0.1, 0.15) is 0 Å². The van der Waals surface area contributed by atoms with Gasteiger partial charge in [0.2, 0.25) is 0 Å². The van der Waals surface area contributed by atoms with Crippen LogP contribution in [0.25, 0.3) is 0 Å². The van der Waals surface area contributed by atoms with Crippen molar-refractivity contribution in [1.82, 2.24) is 4.98 Å². The third kappa shape index (κ3) is 2.24. The molecule has 1 heterocycles. The summed E-state index contributed by atoms with van der Waals surface area (Å²) in [7, 11) is 0. The summed E-state index contributed by atoms with van der Waals surface area (Å²) in [4.78, 5) is 4.03. The Morgan fingerprint density at radius 1 is 1.54 bits per heavy atom. The number of hydrogen-bond acceptors (Lipinski definition) is 4. The summed E-state index contributed by atoms with van der Waals surface area (Å²) in [6.07, 6.45) is 1.57. The van der Waals surface area contributed by atoms with Gasteiger partial charge in [0.25, 0.3) is 0 Å². The van der Waals surface area contributed by atoms with Crippen molar-refractivity contribution < 1.29 is 10.2 Å². The number of hydrogen-bond donors (Lipinski definition) is 3. The maximum Gasteiger partial charge on any atom is 0.0789 e. The Kier molecular flexibility index (Phi) is 2.98. The molecule has 4 nitrogen and oxygen atoms in total. The Balaban J connectivity index is 3.01. The maximum absolute atomic E-state index is 8.98. The predicted octanol–water partition coefficient (Wildman–Crippen LogP) is -0.260. The lowest BCUT2D eigenvalue weighted by Gasteiger charge is -2.21. The lowest BCUT2D eigenvalue weighted by molar-refractivity contribution is 0.206. The maximum atomic E-state index is 8.98. The molecule has 0 saturated carbocycles. The van der Waals surface area contributed by atoms with Crippen molar-refractivity contribution in [3.8, 4) is 0 Å². The van der Waals surface area contributed by atoms with Gasteiger partial charge in [-0.25, -0.2) is 0 Å². The second kappa shape index (κ2) is 3.83. The minimum absolute atomic E-state index is 0.0446. The molecule has 0 radical (unpaired) electrons.